The van der Waals surface area contributed by atoms with Crippen LogP contribution in [0.3, 0.4) is 0 Å². The number of carbonyl (C=O) groups is 3. The molecule has 8 aliphatic carbocycles. The van der Waals surface area contributed by atoms with Gasteiger partial charge in [0.15, 0.2) is 12.4 Å². The number of carbonyl (C=O) groups excluding carboxylic acids is 1. The maximum atomic E-state index is 14.5. The van der Waals surface area contributed by atoms with Crippen LogP contribution in [0, 0.1) is 79.3 Å². The minimum atomic E-state index is -1.80. The predicted octanol–water partition coefficient (Wildman–Crippen LogP) is 4.96. The molecular weight excluding hydrogens is 805 g/mol. The Balaban J connectivity index is 1.22. The number of carboxylic acids is 2. The Morgan fingerprint density at radius 1 is 1.00 bits per heavy atom. The van der Waals surface area contributed by atoms with Crippen molar-refractivity contribution >= 4 is 18.2 Å². The average molecular weight is 881 g/mol. The molecular formula is C50H76N2O11. The number of aliphatic hydroxyl groups excluding tert-OH is 3. The van der Waals surface area contributed by atoms with E-state index in [-0.39, 0.29) is 63.1 Å². The van der Waals surface area contributed by atoms with Crippen LogP contribution in [0.5, 0.6) is 0 Å². The van der Waals surface area contributed by atoms with E-state index in [0.29, 0.717) is 25.9 Å². The van der Waals surface area contributed by atoms with Crippen LogP contribution < -0.4 is 10.6 Å². The van der Waals surface area contributed by atoms with Crippen molar-refractivity contribution in [2.75, 3.05) is 40.4 Å². The van der Waals surface area contributed by atoms with Crippen molar-refractivity contribution < 1.29 is 54.1 Å². The van der Waals surface area contributed by atoms with E-state index in [1.165, 1.54) is 5.57 Å². The Hall–Kier alpha value is -2.23. The number of ether oxygens (including phenoxy) is 3. The molecule has 63 heavy (non-hydrogen) atoms. The lowest BCUT2D eigenvalue weighted by Crippen LogP contribution is -2.76. The zero-order valence-corrected chi connectivity index (χ0v) is 38.5. The Morgan fingerprint density at radius 3 is 2.48 bits per heavy atom. The molecule has 0 radical (unpaired) electrons. The van der Waals surface area contributed by atoms with Gasteiger partial charge in [-0.3, -0.25) is 4.79 Å². The van der Waals surface area contributed by atoms with Gasteiger partial charge >= 0.3 is 11.9 Å². The van der Waals surface area contributed by atoms with Gasteiger partial charge in [-0.1, -0.05) is 57.9 Å². The number of hydrogen-bond donors (Lipinski definition) is 7. The number of nitrogens with one attached hydrogen (secondary N) is 2. The molecule has 2 spiro atoms. The second-order valence-electron chi connectivity index (χ2n) is 23.3. The summed E-state index contributed by atoms with van der Waals surface area (Å²) in [4.78, 5) is 39.5. The summed E-state index contributed by atoms with van der Waals surface area (Å²) >= 11 is 0. The Kier molecular flexibility index (Phi) is 11.6. The van der Waals surface area contributed by atoms with Crippen LogP contribution in [0.25, 0.3) is 0 Å². The SMILES string of the molecule is CNCCNCC1CC2C=C3C45C=CCC(C)(CC(COC)C4(C(=O)O)CC4CCCC6(CCC7C(C)(C)C(OC8OC(C(=O)O)C(O)C(O)C8O)CC1C7(C)C26)C34CCC=O)C5. The van der Waals surface area contributed by atoms with E-state index in [0.717, 1.165) is 90.1 Å². The van der Waals surface area contributed by atoms with E-state index in [4.69, 9.17) is 14.2 Å². The number of methoxy groups -OCH3 is 1. The van der Waals surface area contributed by atoms with Gasteiger partial charge in [-0.05, 0) is 141 Å². The van der Waals surface area contributed by atoms with Crippen molar-refractivity contribution in [3.05, 3.63) is 23.8 Å². The maximum Gasteiger partial charge on any atom is 0.335 e. The number of aliphatic hydroxyl groups is 3. The van der Waals surface area contributed by atoms with E-state index in [2.05, 4.69) is 56.6 Å². The lowest BCUT2D eigenvalue weighted by Gasteiger charge is -2.81. The second-order valence-corrected chi connectivity index (χ2v) is 23.3. The molecule has 13 heteroatoms. The number of hydrogen-bond acceptors (Lipinski definition) is 11. The van der Waals surface area contributed by atoms with Crippen molar-refractivity contribution in [2.24, 2.45) is 79.3 Å². The van der Waals surface area contributed by atoms with Crippen LogP contribution in [0.15, 0.2) is 23.8 Å². The molecule has 7 fully saturated rings. The molecule has 1 saturated heterocycles. The quantitative estimate of drug-likeness (QED) is 0.0535. The fourth-order valence-electron chi connectivity index (χ4n) is 18.9. The molecule has 6 saturated carbocycles. The fourth-order valence-corrected chi connectivity index (χ4v) is 18.9. The van der Waals surface area contributed by atoms with Gasteiger partial charge in [0.25, 0.3) is 0 Å². The lowest BCUT2D eigenvalue weighted by molar-refractivity contribution is -0.340. The standard InChI is InChI=1S/C50H76N2O11/c1-44(2)33-11-16-47-13-7-10-30-24-50(43(59)60)31(26-61-6)23-45(3)12-8-14-48(50,27-45)34(49(30,47)15-9-19-53)21-28-20-29(25-52-18-17-51-5)32(46(33,4)40(28)47)22-35(44)62-42-38(56)36(54)37(55)39(63-42)41(57)58/h8,14,19,21,28-33,35-40,42,51-52,54-56H,7,9-13,15-18,20,22-27H2,1-6H3,(H,57,58)(H,59,60). The number of rotatable bonds is 14. The highest BCUT2D eigenvalue weighted by Gasteiger charge is 2.81. The van der Waals surface area contributed by atoms with Gasteiger partial charge in [0, 0.05) is 43.4 Å². The average Bonchev–Trinajstić information content (AvgIpc) is 3.22. The number of aldehydes is 1. The zero-order chi connectivity index (χ0) is 45.1. The summed E-state index contributed by atoms with van der Waals surface area (Å²) < 4.78 is 18.5. The molecule has 0 aromatic heterocycles. The van der Waals surface area contributed by atoms with Crippen LogP contribution in [-0.2, 0) is 28.6 Å². The van der Waals surface area contributed by atoms with E-state index in [9.17, 15) is 39.9 Å². The van der Waals surface area contributed by atoms with Gasteiger partial charge in [-0.15, -0.1) is 0 Å². The van der Waals surface area contributed by atoms with Crippen LogP contribution in [0.4, 0.5) is 0 Å². The van der Waals surface area contributed by atoms with Crippen molar-refractivity contribution in [1.82, 2.24) is 10.6 Å². The summed E-state index contributed by atoms with van der Waals surface area (Å²) in [7, 11) is 3.67. The number of carboxylic acid groups (broad SMARTS) is 2. The summed E-state index contributed by atoms with van der Waals surface area (Å²) in [6.07, 6.45) is 10.4. The molecule has 0 aromatic carbocycles. The van der Waals surface area contributed by atoms with E-state index in [1.807, 2.05) is 7.05 Å². The van der Waals surface area contributed by atoms with Gasteiger partial charge in [0.2, 0.25) is 0 Å². The van der Waals surface area contributed by atoms with E-state index < -0.39 is 65.0 Å². The molecule has 9 rings (SSSR count). The van der Waals surface area contributed by atoms with E-state index >= 15 is 0 Å². The summed E-state index contributed by atoms with van der Waals surface area (Å²) in [5, 5.41) is 61.5. The maximum absolute atomic E-state index is 14.5. The van der Waals surface area contributed by atoms with Crippen molar-refractivity contribution in [3.63, 3.8) is 0 Å². The highest BCUT2D eigenvalue weighted by atomic mass is 16.7. The molecule has 9 aliphatic rings. The first-order valence-electron chi connectivity index (χ1n) is 24.4. The minimum Gasteiger partial charge on any atom is -0.481 e. The third-order valence-electron chi connectivity index (χ3n) is 20.6. The molecule has 0 amide bonds. The monoisotopic (exact) mass is 881 g/mol. The van der Waals surface area contributed by atoms with E-state index in [1.54, 1.807) is 7.11 Å². The molecule has 0 aromatic rings. The summed E-state index contributed by atoms with van der Waals surface area (Å²) in [5.41, 5.74) is -1.60. The lowest BCUT2D eigenvalue weighted by atomic mass is 9.22. The first-order valence-corrected chi connectivity index (χ1v) is 24.4. The topological polar surface area (TPSA) is 204 Å². The molecule has 7 N–H and O–H groups in total. The molecule has 352 valence electrons. The molecule has 19 unspecified atom stereocenters. The fraction of sp³-hybridized carbons (Fsp3) is 0.860. The predicted molar refractivity (Wildman–Crippen MR) is 233 cm³/mol. The number of allylic oxidation sites excluding steroid dienone is 4. The van der Waals surface area contributed by atoms with Crippen molar-refractivity contribution in [2.45, 2.75) is 148 Å². The van der Waals surface area contributed by atoms with Gasteiger partial charge in [0.05, 0.1) is 18.1 Å². The number of likely N-dealkylation sites (N-methyl/N-ethyl adjacent to an activating group) is 1. The number of aliphatic carboxylic acids is 2. The molecule has 13 nitrogen and oxygen atoms in total. The highest BCUT2D eigenvalue weighted by Crippen LogP contribution is 2.86. The first kappa shape index (κ1) is 45.9. The Morgan fingerprint density at radius 2 is 1.78 bits per heavy atom. The third-order valence-corrected chi connectivity index (χ3v) is 20.6. The normalized spacial score (nSPS) is 51.2. The Labute approximate surface area is 373 Å². The molecule has 1 aliphatic heterocycles. The molecule has 2 bridgehead atoms. The second kappa shape index (κ2) is 15.9. The summed E-state index contributed by atoms with van der Waals surface area (Å²) in [6, 6.07) is 0. The summed E-state index contributed by atoms with van der Waals surface area (Å²) in [5.74, 6) is -1.14. The molecule has 1 heterocycles. The zero-order valence-electron chi connectivity index (χ0n) is 38.5. The van der Waals surface area contributed by atoms with Crippen molar-refractivity contribution in [1.29, 1.82) is 0 Å². The summed E-state index contributed by atoms with van der Waals surface area (Å²) in [6.45, 7) is 12.3. The number of fused-ring (bicyclic) bond motifs is 1. The van der Waals surface area contributed by atoms with Crippen LogP contribution in [0.2, 0.25) is 0 Å². The van der Waals surface area contributed by atoms with Gasteiger partial charge in [-0.2, -0.15) is 0 Å². The Bertz CT molecular complexity index is 1870. The van der Waals surface area contributed by atoms with Crippen LogP contribution in [-0.4, -0.2) is 121 Å². The van der Waals surface area contributed by atoms with Crippen LogP contribution >= 0.6 is 0 Å². The third kappa shape index (κ3) is 6.10. The smallest absolute Gasteiger partial charge is 0.335 e. The first-order chi connectivity index (χ1) is 29.9. The largest absolute Gasteiger partial charge is 0.481 e. The van der Waals surface area contributed by atoms with Gasteiger partial charge < -0.3 is 55.2 Å². The van der Waals surface area contributed by atoms with Gasteiger partial charge in [0.1, 0.15) is 24.6 Å². The molecule has 19 atom stereocenters. The van der Waals surface area contributed by atoms with Crippen molar-refractivity contribution in [3.8, 4) is 0 Å². The minimum absolute atomic E-state index is 0.0766. The highest BCUT2D eigenvalue weighted by molar-refractivity contribution is 5.80. The van der Waals surface area contributed by atoms with Crippen LogP contribution in [0.1, 0.15) is 111 Å². The van der Waals surface area contributed by atoms with Gasteiger partial charge in [-0.25, -0.2) is 4.79 Å².